The van der Waals surface area contributed by atoms with Crippen LogP contribution in [-0.4, -0.2) is 18.5 Å². The quantitative estimate of drug-likeness (QED) is 0.912. The lowest BCUT2D eigenvalue weighted by atomic mass is 9.92. The largest absolute Gasteiger partial charge is 0.352 e. The number of benzene rings is 2. The van der Waals surface area contributed by atoms with Crippen molar-refractivity contribution in [2.75, 3.05) is 6.54 Å². The minimum atomic E-state index is 0. The molecule has 118 valence electrons. The number of rotatable bonds is 3. The van der Waals surface area contributed by atoms with Gasteiger partial charge in [-0.25, -0.2) is 0 Å². The van der Waals surface area contributed by atoms with E-state index < -0.39 is 0 Å². The van der Waals surface area contributed by atoms with E-state index in [0.717, 1.165) is 24.9 Å². The lowest BCUT2D eigenvalue weighted by Gasteiger charge is -2.27. The second-order valence-corrected chi connectivity index (χ2v) is 5.98. The van der Waals surface area contributed by atoms with Gasteiger partial charge in [0.25, 0.3) is 0 Å². The molecule has 2 N–H and O–H groups in total. The lowest BCUT2D eigenvalue weighted by Crippen LogP contribution is -2.42. The summed E-state index contributed by atoms with van der Waals surface area (Å²) in [5.41, 5.74) is 1.16. The number of carbonyl (C=O) groups excluding carboxylic acids is 1. The summed E-state index contributed by atoms with van der Waals surface area (Å²) in [5.74, 6) is 0.346. The average Bonchev–Trinajstić information content (AvgIpc) is 2.52. The molecular formula is C18H23ClN2O. The van der Waals surface area contributed by atoms with Crippen LogP contribution in [0.4, 0.5) is 0 Å². The molecule has 1 saturated heterocycles. The Balaban J connectivity index is 0.00000176. The van der Waals surface area contributed by atoms with Gasteiger partial charge >= 0.3 is 0 Å². The standard InChI is InChI=1S/C18H22N2O.ClH/c1-13-10-17(8-9-19-13)18(21)20-12-14-6-7-15-4-2-3-5-16(15)11-14;/h2-7,11,13,17,19H,8-10,12H2,1H3,(H,20,21);1H/t13-,17-;/m0./s1. The normalized spacial score (nSPS) is 21.1. The second kappa shape index (κ2) is 7.61. The van der Waals surface area contributed by atoms with Gasteiger partial charge in [0.1, 0.15) is 0 Å². The first-order valence-corrected chi connectivity index (χ1v) is 7.71. The first kappa shape index (κ1) is 16.8. The predicted octanol–water partition coefficient (Wildman–Crippen LogP) is 3.27. The summed E-state index contributed by atoms with van der Waals surface area (Å²) in [6, 6.07) is 15.1. The first-order chi connectivity index (χ1) is 10.2. The number of nitrogens with one attached hydrogen (secondary N) is 2. The van der Waals surface area contributed by atoms with E-state index in [1.165, 1.54) is 10.8 Å². The topological polar surface area (TPSA) is 41.1 Å². The Bertz CT molecular complexity index is 644. The monoisotopic (exact) mass is 318 g/mol. The van der Waals surface area contributed by atoms with Crippen molar-refractivity contribution in [3.63, 3.8) is 0 Å². The second-order valence-electron chi connectivity index (χ2n) is 5.98. The number of hydrogen-bond donors (Lipinski definition) is 2. The van der Waals surface area contributed by atoms with Crippen molar-refractivity contribution in [1.82, 2.24) is 10.6 Å². The van der Waals surface area contributed by atoms with Crippen LogP contribution in [-0.2, 0) is 11.3 Å². The summed E-state index contributed by atoms with van der Waals surface area (Å²) in [4.78, 5) is 12.2. The van der Waals surface area contributed by atoms with Crippen LogP contribution in [0.5, 0.6) is 0 Å². The summed E-state index contributed by atoms with van der Waals surface area (Å²) in [7, 11) is 0. The Kier molecular flexibility index (Phi) is 5.81. The molecule has 1 heterocycles. The molecule has 2 aromatic carbocycles. The fraction of sp³-hybridized carbons (Fsp3) is 0.389. The number of halogens is 1. The van der Waals surface area contributed by atoms with Crippen molar-refractivity contribution in [1.29, 1.82) is 0 Å². The Morgan fingerprint density at radius 1 is 1.23 bits per heavy atom. The number of hydrogen-bond acceptors (Lipinski definition) is 2. The molecule has 0 saturated carbocycles. The van der Waals surface area contributed by atoms with Crippen molar-refractivity contribution in [3.05, 3.63) is 48.0 Å². The van der Waals surface area contributed by atoms with E-state index in [1.807, 2.05) is 12.1 Å². The fourth-order valence-corrected chi connectivity index (χ4v) is 3.05. The van der Waals surface area contributed by atoms with Crippen molar-refractivity contribution >= 4 is 29.1 Å². The van der Waals surface area contributed by atoms with Gasteiger partial charge in [0.15, 0.2) is 0 Å². The number of amides is 1. The highest BCUT2D eigenvalue weighted by molar-refractivity contribution is 5.85. The molecule has 2 aromatic rings. The minimum absolute atomic E-state index is 0. The SMILES string of the molecule is C[C@H]1C[C@@H](C(=O)NCc2ccc3ccccc3c2)CCN1.Cl. The summed E-state index contributed by atoms with van der Waals surface area (Å²) in [5, 5.41) is 8.93. The molecule has 2 atom stereocenters. The number of carbonyl (C=O) groups is 1. The van der Waals surface area contributed by atoms with Crippen molar-refractivity contribution in [2.24, 2.45) is 5.92 Å². The van der Waals surface area contributed by atoms with Crippen LogP contribution in [0, 0.1) is 5.92 Å². The average molecular weight is 319 g/mol. The fourth-order valence-electron chi connectivity index (χ4n) is 3.05. The van der Waals surface area contributed by atoms with Crippen LogP contribution >= 0.6 is 12.4 Å². The smallest absolute Gasteiger partial charge is 0.223 e. The zero-order valence-electron chi connectivity index (χ0n) is 12.8. The Morgan fingerprint density at radius 2 is 2.00 bits per heavy atom. The van der Waals surface area contributed by atoms with E-state index in [1.54, 1.807) is 0 Å². The molecule has 1 aliphatic heterocycles. The predicted molar refractivity (Wildman–Crippen MR) is 93.2 cm³/mol. The third kappa shape index (κ3) is 3.99. The van der Waals surface area contributed by atoms with Gasteiger partial charge in [0, 0.05) is 18.5 Å². The van der Waals surface area contributed by atoms with Gasteiger partial charge in [-0.05, 0) is 48.7 Å². The number of piperidine rings is 1. The molecule has 3 nitrogen and oxygen atoms in total. The third-order valence-electron chi connectivity index (χ3n) is 4.28. The molecule has 0 aromatic heterocycles. The van der Waals surface area contributed by atoms with Crippen LogP contribution in [0.3, 0.4) is 0 Å². The van der Waals surface area contributed by atoms with Crippen LogP contribution in [0.15, 0.2) is 42.5 Å². The summed E-state index contributed by atoms with van der Waals surface area (Å²) in [6.45, 7) is 3.69. The highest BCUT2D eigenvalue weighted by atomic mass is 35.5. The molecule has 0 unspecified atom stereocenters. The van der Waals surface area contributed by atoms with Gasteiger partial charge in [-0.1, -0.05) is 36.4 Å². The molecule has 0 spiro atoms. The molecule has 1 aliphatic rings. The van der Waals surface area contributed by atoms with E-state index in [0.29, 0.717) is 12.6 Å². The van der Waals surface area contributed by atoms with Gasteiger partial charge in [-0.2, -0.15) is 0 Å². The molecule has 4 heteroatoms. The van der Waals surface area contributed by atoms with Gasteiger partial charge in [0.05, 0.1) is 0 Å². The summed E-state index contributed by atoms with van der Waals surface area (Å²) >= 11 is 0. The maximum absolute atomic E-state index is 12.2. The maximum atomic E-state index is 12.2. The zero-order valence-corrected chi connectivity index (χ0v) is 13.7. The van der Waals surface area contributed by atoms with E-state index in [4.69, 9.17) is 0 Å². The molecule has 0 bridgehead atoms. The summed E-state index contributed by atoms with van der Waals surface area (Å²) < 4.78 is 0. The van der Waals surface area contributed by atoms with Gasteiger partial charge in [-0.15, -0.1) is 12.4 Å². The third-order valence-corrected chi connectivity index (χ3v) is 4.28. The van der Waals surface area contributed by atoms with Gasteiger partial charge in [-0.3, -0.25) is 4.79 Å². The van der Waals surface area contributed by atoms with Crippen LogP contribution < -0.4 is 10.6 Å². The molecule has 22 heavy (non-hydrogen) atoms. The zero-order chi connectivity index (χ0) is 14.7. The van der Waals surface area contributed by atoms with E-state index in [2.05, 4.69) is 47.9 Å². The molecule has 0 aliphatic carbocycles. The Labute approximate surface area is 137 Å². The van der Waals surface area contributed by atoms with Crippen molar-refractivity contribution in [2.45, 2.75) is 32.4 Å². The molecule has 1 amide bonds. The molecule has 3 rings (SSSR count). The Morgan fingerprint density at radius 3 is 2.77 bits per heavy atom. The Hall–Kier alpha value is -1.58. The van der Waals surface area contributed by atoms with Crippen LogP contribution in [0.25, 0.3) is 10.8 Å². The van der Waals surface area contributed by atoms with Crippen molar-refractivity contribution in [3.8, 4) is 0 Å². The van der Waals surface area contributed by atoms with Gasteiger partial charge in [0.2, 0.25) is 5.91 Å². The summed E-state index contributed by atoms with van der Waals surface area (Å²) in [6.07, 6.45) is 1.87. The van der Waals surface area contributed by atoms with E-state index in [-0.39, 0.29) is 24.2 Å². The van der Waals surface area contributed by atoms with Crippen LogP contribution in [0.2, 0.25) is 0 Å². The molecule has 1 fully saturated rings. The van der Waals surface area contributed by atoms with Gasteiger partial charge < -0.3 is 10.6 Å². The maximum Gasteiger partial charge on any atom is 0.223 e. The molecular weight excluding hydrogens is 296 g/mol. The lowest BCUT2D eigenvalue weighted by molar-refractivity contribution is -0.126. The minimum Gasteiger partial charge on any atom is -0.352 e. The highest BCUT2D eigenvalue weighted by Crippen LogP contribution is 2.18. The van der Waals surface area contributed by atoms with Crippen LogP contribution in [0.1, 0.15) is 25.3 Å². The number of fused-ring (bicyclic) bond motifs is 1. The highest BCUT2D eigenvalue weighted by Gasteiger charge is 2.24. The van der Waals surface area contributed by atoms with Crippen molar-refractivity contribution < 1.29 is 4.79 Å². The first-order valence-electron chi connectivity index (χ1n) is 7.71. The van der Waals surface area contributed by atoms with E-state index in [9.17, 15) is 4.79 Å². The molecule has 0 radical (unpaired) electrons. The van der Waals surface area contributed by atoms with E-state index >= 15 is 0 Å².